The maximum Gasteiger partial charge on any atom is 0.0541 e. The first-order valence-electron chi connectivity index (χ1n) is 6.21. The molecule has 0 radical (unpaired) electrons. The summed E-state index contributed by atoms with van der Waals surface area (Å²) in [5.41, 5.74) is 8.92. The van der Waals surface area contributed by atoms with Gasteiger partial charge in [0, 0.05) is 5.54 Å². The zero-order valence-electron chi connectivity index (χ0n) is 9.95. The maximum absolute atomic E-state index is 9.56. The minimum atomic E-state index is -0.216. The van der Waals surface area contributed by atoms with Crippen molar-refractivity contribution in [2.45, 2.75) is 50.7 Å². The number of aryl methyl sites for hydroxylation is 1. The Labute approximate surface area is 97.5 Å². The highest BCUT2D eigenvalue weighted by molar-refractivity contribution is 5.34. The first-order valence-corrected chi connectivity index (χ1v) is 6.21. The predicted molar refractivity (Wildman–Crippen MR) is 66.2 cm³/mol. The summed E-state index contributed by atoms with van der Waals surface area (Å²) in [6.07, 6.45) is 4.32. The second-order valence-electron chi connectivity index (χ2n) is 4.90. The topological polar surface area (TPSA) is 46.2 Å². The normalized spacial score (nSPS) is 30.3. The van der Waals surface area contributed by atoms with Crippen LogP contribution in [0.3, 0.4) is 0 Å². The highest BCUT2D eigenvalue weighted by Crippen LogP contribution is 2.36. The summed E-state index contributed by atoms with van der Waals surface area (Å²) in [7, 11) is 0. The minimum Gasteiger partial charge on any atom is -0.393 e. The van der Waals surface area contributed by atoms with Gasteiger partial charge in [-0.1, -0.05) is 31.2 Å². The molecule has 0 aromatic heterocycles. The predicted octanol–water partition coefficient (Wildman–Crippen LogP) is 2.34. The molecule has 0 amide bonds. The van der Waals surface area contributed by atoms with E-state index in [0.29, 0.717) is 0 Å². The van der Waals surface area contributed by atoms with Gasteiger partial charge in [-0.05, 0) is 43.2 Å². The van der Waals surface area contributed by atoms with Gasteiger partial charge in [-0.3, -0.25) is 0 Å². The van der Waals surface area contributed by atoms with Crippen molar-refractivity contribution in [2.75, 3.05) is 0 Å². The van der Waals surface area contributed by atoms with Gasteiger partial charge in [-0.2, -0.15) is 0 Å². The van der Waals surface area contributed by atoms with Crippen molar-refractivity contribution in [3.8, 4) is 0 Å². The molecule has 1 saturated carbocycles. The lowest BCUT2D eigenvalue weighted by Gasteiger charge is -2.37. The van der Waals surface area contributed by atoms with E-state index < -0.39 is 0 Å². The van der Waals surface area contributed by atoms with Crippen molar-refractivity contribution >= 4 is 0 Å². The summed E-state index contributed by atoms with van der Waals surface area (Å²) in [5, 5.41) is 9.56. The molecule has 2 heteroatoms. The molecule has 3 N–H and O–H groups in total. The lowest BCUT2D eigenvalue weighted by Crippen LogP contribution is -2.42. The zero-order valence-corrected chi connectivity index (χ0v) is 9.95. The molecule has 1 fully saturated rings. The van der Waals surface area contributed by atoms with Crippen LogP contribution in [0, 0.1) is 0 Å². The number of aliphatic hydroxyl groups is 1. The Morgan fingerprint density at radius 1 is 1.31 bits per heavy atom. The quantitative estimate of drug-likeness (QED) is 0.802. The van der Waals surface area contributed by atoms with Crippen molar-refractivity contribution in [1.29, 1.82) is 0 Å². The number of benzene rings is 1. The van der Waals surface area contributed by atoms with Gasteiger partial charge in [-0.25, -0.2) is 0 Å². The van der Waals surface area contributed by atoms with Crippen LogP contribution in [0.25, 0.3) is 0 Å². The number of aliphatic hydroxyl groups excluding tert-OH is 1. The lowest BCUT2D eigenvalue weighted by atomic mass is 9.74. The van der Waals surface area contributed by atoms with Crippen molar-refractivity contribution in [2.24, 2.45) is 5.73 Å². The molecular formula is C14H21NO. The van der Waals surface area contributed by atoms with Crippen molar-refractivity contribution in [1.82, 2.24) is 0 Å². The molecule has 1 aliphatic carbocycles. The monoisotopic (exact) mass is 219 g/mol. The van der Waals surface area contributed by atoms with Crippen LogP contribution in [0.15, 0.2) is 24.3 Å². The Morgan fingerprint density at radius 3 is 2.56 bits per heavy atom. The Kier molecular flexibility index (Phi) is 3.31. The molecule has 0 saturated heterocycles. The highest BCUT2D eigenvalue weighted by Gasteiger charge is 2.33. The van der Waals surface area contributed by atoms with E-state index in [9.17, 15) is 5.11 Å². The largest absolute Gasteiger partial charge is 0.393 e. The van der Waals surface area contributed by atoms with Gasteiger partial charge in [0.15, 0.2) is 0 Å². The second-order valence-corrected chi connectivity index (χ2v) is 4.90. The molecule has 1 aliphatic rings. The van der Waals surface area contributed by atoms with E-state index >= 15 is 0 Å². The van der Waals surface area contributed by atoms with Crippen LogP contribution in [0.1, 0.15) is 43.7 Å². The molecule has 0 bridgehead atoms. The summed E-state index contributed by atoms with van der Waals surface area (Å²) in [6.45, 7) is 2.17. The lowest BCUT2D eigenvalue weighted by molar-refractivity contribution is 0.0966. The molecule has 0 unspecified atom stereocenters. The Balaban J connectivity index is 2.28. The van der Waals surface area contributed by atoms with Crippen LogP contribution in [0.5, 0.6) is 0 Å². The Hall–Kier alpha value is -0.860. The van der Waals surface area contributed by atoms with Gasteiger partial charge in [0.1, 0.15) is 0 Å². The first-order chi connectivity index (χ1) is 7.65. The summed E-state index contributed by atoms with van der Waals surface area (Å²) < 4.78 is 0. The van der Waals surface area contributed by atoms with E-state index in [1.807, 2.05) is 0 Å². The SMILES string of the molecule is CCc1ccccc1C1(N)CCC(O)CC1. The van der Waals surface area contributed by atoms with Gasteiger partial charge >= 0.3 is 0 Å². The van der Waals surface area contributed by atoms with E-state index in [1.54, 1.807) is 0 Å². The molecule has 0 spiro atoms. The molecule has 2 nitrogen and oxygen atoms in total. The molecular weight excluding hydrogens is 198 g/mol. The molecule has 16 heavy (non-hydrogen) atoms. The van der Waals surface area contributed by atoms with Crippen LogP contribution in [-0.4, -0.2) is 11.2 Å². The molecule has 1 aromatic carbocycles. The van der Waals surface area contributed by atoms with E-state index in [-0.39, 0.29) is 11.6 Å². The van der Waals surface area contributed by atoms with Gasteiger partial charge in [0.25, 0.3) is 0 Å². The van der Waals surface area contributed by atoms with E-state index in [0.717, 1.165) is 32.1 Å². The van der Waals surface area contributed by atoms with Crippen molar-refractivity contribution in [3.63, 3.8) is 0 Å². The van der Waals surface area contributed by atoms with E-state index in [4.69, 9.17) is 5.73 Å². The number of nitrogens with two attached hydrogens (primary N) is 1. The van der Waals surface area contributed by atoms with Crippen molar-refractivity contribution in [3.05, 3.63) is 35.4 Å². The Bertz CT molecular complexity index is 354. The van der Waals surface area contributed by atoms with Gasteiger partial charge in [-0.15, -0.1) is 0 Å². The fourth-order valence-corrected chi connectivity index (χ4v) is 2.70. The maximum atomic E-state index is 9.56. The summed E-state index contributed by atoms with van der Waals surface area (Å²) >= 11 is 0. The average Bonchev–Trinajstić information content (AvgIpc) is 2.33. The molecule has 88 valence electrons. The molecule has 2 rings (SSSR count). The van der Waals surface area contributed by atoms with Crippen LogP contribution < -0.4 is 5.73 Å². The number of hydrogen-bond acceptors (Lipinski definition) is 2. The van der Waals surface area contributed by atoms with Crippen LogP contribution >= 0.6 is 0 Å². The highest BCUT2D eigenvalue weighted by atomic mass is 16.3. The molecule has 0 aliphatic heterocycles. The summed E-state index contributed by atoms with van der Waals surface area (Å²) in [4.78, 5) is 0. The second kappa shape index (κ2) is 4.56. The van der Waals surface area contributed by atoms with Gasteiger partial charge in [0.2, 0.25) is 0 Å². The fourth-order valence-electron chi connectivity index (χ4n) is 2.70. The number of hydrogen-bond donors (Lipinski definition) is 2. The average molecular weight is 219 g/mol. The van der Waals surface area contributed by atoms with Crippen LogP contribution in [0.2, 0.25) is 0 Å². The smallest absolute Gasteiger partial charge is 0.0541 e. The Morgan fingerprint density at radius 2 is 1.94 bits per heavy atom. The first kappa shape index (κ1) is 11.6. The molecule has 1 aromatic rings. The third-order valence-electron chi connectivity index (χ3n) is 3.78. The van der Waals surface area contributed by atoms with Gasteiger partial charge in [0.05, 0.1) is 6.10 Å². The fraction of sp³-hybridized carbons (Fsp3) is 0.571. The standard InChI is InChI=1S/C14H21NO/c1-2-11-5-3-4-6-13(11)14(15)9-7-12(16)8-10-14/h3-6,12,16H,2,7-10,15H2,1H3. The zero-order chi connectivity index (χ0) is 11.6. The minimum absolute atomic E-state index is 0.148. The number of rotatable bonds is 2. The molecule has 0 atom stereocenters. The third kappa shape index (κ3) is 2.13. The van der Waals surface area contributed by atoms with Crippen LogP contribution in [0.4, 0.5) is 0 Å². The van der Waals surface area contributed by atoms with Crippen LogP contribution in [-0.2, 0) is 12.0 Å². The third-order valence-corrected chi connectivity index (χ3v) is 3.78. The summed E-state index contributed by atoms with van der Waals surface area (Å²) in [5.74, 6) is 0. The molecule has 0 heterocycles. The summed E-state index contributed by atoms with van der Waals surface area (Å²) in [6, 6.07) is 8.45. The van der Waals surface area contributed by atoms with Crippen molar-refractivity contribution < 1.29 is 5.11 Å². The van der Waals surface area contributed by atoms with Gasteiger partial charge < -0.3 is 10.8 Å². The van der Waals surface area contributed by atoms with E-state index in [1.165, 1.54) is 11.1 Å². The van der Waals surface area contributed by atoms with E-state index in [2.05, 4.69) is 31.2 Å².